The molecule has 2 aliphatic carbocycles. The molecule has 146 valence electrons. The summed E-state index contributed by atoms with van der Waals surface area (Å²) in [6, 6.07) is 12.2. The van der Waals surface area contributed by atoms with E-state index in [0.29, 0.717) is 18.3 Å². The van der Waals surface area contributed by atoms with Gasteiger partial charge in [-0.15, -0.1) is 0 Å². The van der Waals surface area contributed by atoms with Gasteiger partial charge in [-0.3, -0.25) is 4.79 Å². The number of hydrogen-bond acceptors (Lipinski definition) is 5. The van der Waals surface area contributed by atoms with Crippen LogP contribution >= 0.6 is 0 Å². The van der Waals surface area contributed by atoms with Gasteiger partial charge in [0, 0.05) is 25.7 Å². The SMILES string of the molecule is CCCON(OC(C)=O)C(=O)Cc1ccc2cc(N(CC)CC)cc-2cc1. The zero-order chi connectivity index (χ0) is 19.8. The second-order valence-corrected chi connectivity index (χ2v) is 6.28. The molecule has 0 aromatic carbocycles. The van der Waals surface area contributed by atoms with E-state index in [2.05, 4.69) is 30.9 Å². The lowest BCUT2D eigenvalue weighted by atomic mass is 10.2. The van der Waals surface area contributed by atoms with Crippen molar-refractivity contribution in [1.29, 1.82) is 0 Å². The number of rotatable bonds is 8. The maximum Gasteiger partial charge on any atom is 0.332 e. The lowest BCUT2D eigenvalue weighted by Crippen LogP contribution is -2.34. The van der Waals surface area contributed by atoms with Gasteiger partial charge in [-0.1, -0.05) is 31.2 Å². The third kappa shape index (κ3) is 5.69. The lowest BCUT2D eigenvalue weighted by molar-refractivity contribution is -0.321. The van der Waals surface area contributed by atoms with Gasteiger partial charge in [-0.05, 0) is 54.3 Å². The molecule has 0 radical (unpaired) electrons. The highest BCUT2D eigenvalue weighted by molar-refractivity contribution is 5.80. The van der Waals surface area contributed by atoms with Gasteiger partial charge in [0.05, 0.1) is 13.0 Å². The van der Waals surface area contributed by atoms with E-state index in [-0.39, 0.29) is 6.42 Å². The van der Waals surface area contributed by atoms with Crippen LogP contribution in [0.4, 0.5) is 5.69 Å². The van der Waals surface area contributed by atoms with Gasteiger partial charge in [-0.25, -0.2) is 9.63 Å². The molecule has 0 N–H and O–H groups in total. The molecule has 2 aliphatic rings. The minimum atomic E-state index is -0.597. The van der Waals surface area contributed by atoms with E-state index in [4.69, 9.17) is 9.68 Å². The van der Waals surface area contributed by atoms with E-state index in [9.17, 15) is 9.59 Å². The van der Waals surface area contributed by atoms with Gasteiger partial charge in [0.2, 0.25) is 0 Å². The Morgan fingerprint density at radius 2 is 1.56 bits per heavy atom. The number of nitrogens with zero attached hydrogens (tertiary/aromatic N) is 2. The highest BCUT2D eigenvalue weighted by Crippen LogP contribution is 2.31. The minimum Gasteiger partial charge on any atom is -0.372 e. The summed E-state index contributed by atoms with van der Waals surface area (Å²) in [4.78, 5) is 36.0. The topological polar surface area (TPSA) is 59.1 Å². The average Bonchev–Trinajstić information content (AvgIpc) is 2.95. The predicted molar refractivity (Wildman–Crippen MR) is 105 cm³/mol. The van der Waals surface area contributed by atoms with E-state index in [0.717, 1.165) is 29.8 Å². The van der Waals surface area contributed by atoms with Crippen molar-refractivity contribution in [3.8, 4) is 11.1 Å². The molecule has 0 atom stereocenters. The summed E-state index contributed by atoms with van der Waals surface area (Å²) in [6.45, 7) is 9.64. The Kier molecular flexibility index (Phi) is 7.61. The van der Waals surface area contributed by atoms with Crippen molar-refractivity contribution >= 4 is 17.6 Å². The van der Waals surface area contributed by atoms with Gasteiger partial charge in [0.25, 0.3) is 5.91 Å². The Morgan fingerprint density at radius 1 is 0.963 bits per heavy atom. The monoisotopic (exact) mass is 372 g/mol. The summed E-state index contributed by atoms with van der Waals surface area (Å²) in [5, 5.41) is 0.691. The second-order valence-electron chi connectivity index (χ2n) is 6.28. The molecule has 0 aliphatic heterocycles. The first-order valence-corrected chi connectivity index (χ1v) is 9.40. The van der Waals surface area contributed by atoms with Gasteiger partial charge in [0.15, 0.2) is 0 Å². The smallest absolute Gasteiger partial charge is 0.332 e. The van der Waals surface area contributed by atoms with Crippen LogP contribution in [0.1, 0.15) is 39.7 Å². The summed E-state index contributed by atoms with van der Waals surface area (Å²) >= 11 is 0. The number of hydroxylamine groups is 2. The molecule has 0 heterocycles. The Labute approximate surface area is 160 Å². The van der Waals surface area contributed by atoms with E-state index < -0.39 is 11.9 Å². The third-order valence-corrected chi connectivity index (χ3v) is 4.21. The fraction of sp³-hybridized carbons (Fsp3) is 0.429. The average molecular weight is 372 g/mol. The van der Waals surface area contributed by atoms with Crippen molar-refractivity contribution in [2.45, 2.75) is 40.5 Å². The van der Waals surface area contributed by atoms with Crippen LogP contribution in [0.3, 0.4) is 0 Å². The number of fused-ring (bicyclic) bond motifs is 1. The molecule has 0 aromatic rings. The largest absolute Gasteiger partial charge is 0.372 e. The van der Waals surface area contributed by atoms with Crippen LogP contribution < -0.4 is 4.90 Å². The maximum atomic E-state index is 12.4. The maximum absolute atomic E-state index is 12.4. The number of anilines is 1. The van der Waals surface area contributed by atoms with E-state index >= 15 is 0 Å². The molecule has 0 saturated carbocycles. The van der Waals surface area contributed by atoms with Gasteiger partial charge < -0.3 is 9.74 Å². The molecule has 1 amide bonds. The first-order valence-electron chi connectivity index (χ1n) is 9.40. The molecular weight excluding hydrogens is 344 g/mol. The van der Waals surface area contributed by atoms with Crippen molar-refractivity contribution < 1.29 is 19.3 Å². The molecule has 0 bridgehead atoms. The van der Waals surface area contributed by atoms with Crippen LogP contribution in [-0.2, 0) is 25.7 Å². The molecular formula is C21H28N2O4. The van der Waals surface area contributed by atoms with E-state index in [1.807, 2.05) is 31.2 Å². The fourth-order valence-electron chi connectivity index (χ4n) is 2.83. The number of carbonyl (C=O) groups excluding carboxylic acids is 2. The highest BCUT2D eigenvalue weighted by atomic mass is 17.0. The lowest BCUT2D eigenvalue weighted by Gasteiger charge is -2.18. The standard InChI is InChI=1S/C21H28N2O4/c1-5-12-26-23(27-16(4)24)21(25)13-17-8-10-18-14-20(22(6-2)7-3)15-19(18)11-9-17/h8-11,14-15H,5-7,12-13H2,1-4H3. The molecule has 6 nitrogen and oxygen atoms in total. The van der Waals surface area contributed by atoms with Crippen molar-refractivity contribution in [3.63, 3.8) is 0 Å². The van der Waals surface area contributed by atoms with Crippen molar-refractivity contribution in [3.05, 3.63) is 42.0 Å². The van der Waals surface area contributed by atoms with Gasteiger partial charge in [-0.2, -0.15) is 0 Å². The Morgan fingerprint density at radius 3 is 2.04 bits per heavy atom. The summed E-state index contributed by atoms with van der Waals surface area (Å²) in [5.74, 6) is -1.02. The summed E-state index contributed by atoms with van der Waals surface area (Å²) in [6.07, 6.45) is 0.784. The van der Waals surface area contributed by atoms with Gasteiger partial charge in [0.1, 0.15) is 0 Å². The molecule has 0 unspecified atom stereocenters. The third-order valence-electron chi connectivity index (χ3n) is 4.21. The first kappa shape index (κ1) is 20.7. The molecule has 2 rings (SSSR count). The molecule has 6 heteroatoms. The molecule has 0 spiro atoms. The zero-order valence-electron chi connectivity index (χ0n) is 16.5. The van der Waals surface area contributed by atoms with Crippen LogP contribution in [-0.4, -0.2) is 36.8 Å². The normalized spacial score (nSPS) is 10.7. The van der Waals surface area contributed by atoms with Crippen LogP contribution in [0.25, 0.3) is 11.1 Å². The Balaban J connectivity index is 2.16. The summed E-state index contributed by atoms with van der Waals surface area (Å²) in [7, 11) is 0. The molecule has 27 heavy (non-hydrogen) atoms. The van der Waals surface area contributed by atoms with Gasteiger partial charge >= 0.3 is 5.97 Å². The van der Waals surface area contributed by atoms with Crippen LogP contribution in [0.5, 0.6) is 0 Å². The Hall–Kier alpha value is -2.60. The van der Waals surface area contributed by atoms with Crippen LogP contribution in [0.2, 0.25) is 0 Å². The van der Waals surface area contributed by atoms with Crippen molar-refractivity contribution in [2.24, 2.45) is 0 Å². The summed E-state index contributed by atoms with van der Waals surface area (Å²) < 4.78 is 0. The minimum absolute atomic E-state index is 0.0805. The first-order chi connectivity index (χ1) is 13.0. The van der Waals surface area contributed by atoms with Crippen LogP contribution in [0.15, 0.2) is 36.4 Å². The van der Waals surface area contributed by atoms with Crippen molar-refractivity contribution in [1.82, 2.24) is 5.23 Å². The number of hydrogen-bond donors (Lipinski definition) is 0. The van der Waals surface area contributed by atoms with Crippen molar-refractivity contribution in [2.75, 3.05) is 24.6 Å². The number of carbonyl (C=O) groups is 2. The number of amides is 1. The highest BCUT2D eigenvalue weighted by Gasteiger charge is 2.19. The fourth-order valence-corrected chi connectivity index (χ4v) is 2.83. The quantitative estimate of drug-likeness (QED) is 0.659. The molecule has 0 fully saturated rings. The predicted octanol–water partition coefficient (Wildman–Crippen LogP) is 3.83. The van der Waals surface area contributed by atoms with E-state index in [1.54, 1.807) is 0 Å². The second kappa shape index (κ2) is 9.92. The molecule has 0 saturated heterocycles. The van der Waals surface area contributed by atoms with Crippen LogP contribution in [0, 0.1) is 0 Å². The van der Waals surface area contributed by atoms with E-state index in [1.165, 1.54) is 12.6 Å². The molecule has 0 aromatic heterocycles. The summed E-state index contributed by atoms with van der Waals surface area (Å²) in [5.41, 5.74) is 4.26. The zero-order valence-corrected chi connectivity index (χ0v) is 16.5. The Bertz CT molecular complexity index is 709.